The van der Waals surface area contributed by atoms with Gasteiger partial charge in [-0.1, -0.05) is 30.3 Å². The van der Waals surface area contributed by atoms with Gasteiger partial charge in [0.2, 0.25) is 0 Å². The molecule has 0 spiro atoms. The van der Waals surface area contributed by atoms with Crippen molar-refractivity contribution in [2.45, 2.75) is 25.0 Å². The summed E-state index contributed by atoms with van der Waals surface area (Å²) in [6.45, 7) is 2.76. The lowest BCUT2D eigenvalue weighted by Gasteiger charge is -2.25. The first-order chi connectivity index (χ1) is 7.99. The highest BCUT2D eigenvalue weighted by Gasteiger charge is 2.38. The van der Waals surface area contributed by atoms with Crippen LogP contribution in [0.3, 0.4) is 0 Å². The molecule has 1 fully saturated rings. The Kier molecular flexibility index (Phi) is 3.17. The minimum atomic E-state index is -0.867. The summed E-state index contributed by atoms with van der Waals surface area (Å²) in [5, 5.41) is 19.2. The van der Waals surface area contributed by atoms with E-state index in [2.05, 4.69) is 0 Å². The summed E-state index contributed by atoms with van der Waals surface area (Å²) in [6, 6.07) is 8.49. The summed E-state index contributed by atoms with van der Waals surface area (Å²) in [5.41, 5.74) is -0.0136. The third kappa shape index (κ3) is 2.65. The molecule has 2 N–H and O–H groups in total. The van der Waals surface area contributed by atoms with Gasteiger partial charge >= 0.3 is 5.97 Å². The molecule has 0 saturated carbocycles. The van der Waals surface area contributed by atoms with Crippen molar-refractivity contribution in [1.82, 2.24) is 4.90 Å². The fourth-order valence-electron chi connectivity index (χ4n) is 2.35. The molecule has 0 amide bonds. The van der Waals surface area contributed by atoms with Crippen LogP contribution >= 0.6 is 0 Å². The van der Waals surface area contributed by atoms with Crippen LogP contribution in [0.25, 0.3) is 0 Å². The standard InChI is InChI=1S/C13H17NO3/c1-13(17)7-8-14(9-13)11(12(15)16)10-5-3-2-4-6-10/h2-6,11,17H,7-9H2,1H3,(H,15,16). The summed E-state index contributed by atoms with van der Waals surface area (Å²) >= 11 is 0. The number of carboxylic acid groups (broad SMARTS) is 1. The molecule has 92 valence electrons. The maximum atomic E-state index is 11.4. The van der Waals surface area contributed by atoms with E-state index in [0.717, 1.165) is 5.56 Å². The number of aliphatic hydroxyl groups is 1. The summed E-state index contributed by atoms with van der Waals surface area (Å²) in [7, 11) is 0. The Balaban J connectivity index is 2.23. The Bertz CT molecular complexity index is 402. The second-order valence-electron chi connectivity index (χ2n) is 4.87. The van der Waals surface area contributed by atoms with E-state index in [1.54, 1.807) is 6.92 Å². The molecular weight excluding hydrogens is 218 g/mol. The Labute approximate surface area is 100 Å². The van der Waals surface area contributed by atoms with Crippen molar-refractivity contribution < 1.29 is 15.0 Å². The van der Waals surface area contributed by atoms with Crippen LogP contribution < -0.4 is 0 Å². The van der Waals surface area contributed by atoms with Crippen molar-refractivity contribution in [2.24, 2.45) is 0 Å². The molecule has 2 unspecified atom stereocenters. The Morgan fingerprint density at radius 1 is 1.41 bits per heavy atom. The molecule has 0 aromatic heterocycles. The number of rotatable bonds is 3. The minimum absolute atomic E-state index is 0.402. The monoisotopic (exact) mass is 235 g/mol. The van der Waals surface area contributed by atoms with Gasteiger partial charge in [0.15, 0.2) is 0 Å². The van der Waals surface area contributed by atoms with Gasteiger partial charge in [0.25, 0.3) is 0 Å². The molecule has 17 heavy (non-hydrogen) atoms. The number of hydrogen-bond donors (Lipinski definition) is 2. The number of likely N-dealkylation sites (tertiary alicyclic amines) is 1. The molecule has 1 aliphatic heterocycles. The van der Waals surface area contributed by atoms with Crippen LogP contribution in [-0.4, -0.2) is 39.8 Å². The van der Waals surface area contributed by atoms with Gasteiger partial charge in [-0.25, -0.2) is 0 Å². The number of carboxylic acids is 1. The van der Waals surface area contributed by atoms with Gasteiger partial charge in [0.1, 0.15) is 6.04 Å². The number of hydrogen-bond acceptors (Lipinski definition) is 3. The first-order valence-corrected chi connectivity index (χ1v) is 5.74. The number of carbonyl (C=O) groups is 1. The fraction of sp³-hybridized carbons (Fsp3) is 0.462. The first kappa shape index (κ1) is 12.1. The van der Waals surface area contributed by atoms with E-state index in [9.17, 15) is 15.0 Å². The molecule has 2 atom stereocenters. The smallest absolute Gasteiger partial charge is 0.325 e. The maximum absolute atomic E-state index is 11.4. The van der Waals surface area contributed by atoms with Crippen LogP contribution in [0.15, 0.2) is 30.3 Å². The fourth-order valence-corrected chi connectivity index (χ4v) is 2.35. The molecule has 4 heteroatoms. The molecule has 1 aliphatic rings. The van der Waals surface area contributed by atoms with Gasteiger partial charge in [-0.05, 0) is 18.9 Å². The average Bonchev–Trinajstić information content (AvgIpc) is 2.60. The van der Waals surface area contributed by atoms with E-state index >= 15 is 0 Å². The highest BCUT2D eigenvalue weighted by molar-refractivity contribution is 5.75. The SMILES string of the molecule is CC1(O)CCN(C(C(=O)O)c2ccccc2)C1. The first-order valence-electron chi connectivity index (χ1n) is 5.74. The van der Waals surface area contributed by atoms with E-state index < -0.39 is 17.6 Å². The predicted molar refractivity (Wildman–Crippen MR) is 63.6 cm³/mol. The summed E-state index contributed by atoms with van der Waals surface area (Å²) in [4.78, 5) is 13.2. The summed E-state index contributed by atoms with van der Waals surface area (Å²) in [6.07, 6.45) is 0.615. The van der Waals surface area contributed by atoms with Crippen LogP contribution in [0.5, 0.6) is 0 Å². The summed E-state index contributed by atoms with van der Waals surface area (Å²) < 4.78 is 0. The lowest BCUT2D eigenvalue weighted by atomic mass is 10.1. The normalized spacial score (nSPS) is 26.9. The minimum Gasteiger partial charge on any atom is -0.480 e. The second kappa shape index (κ2) is 4.47. The van der Waals surface area contributed by atoms with Gasteiger partial charge in [-0.15, -0.1) is 0 Å². The van der Waals surface area contributed by atoms with Gasteiger partial charge in [0, 0.05) is 13.1 Å². The molecule has 1 aromatic carbocycles. The average molecular weight is 235 g/mol. The van der Waals surface area contributed by atoms with E-state index in [0.29, 0.717) is 19.5 Å². The van der Waals surface area contributed by atoms with Gasteiger partial charge in [-0.2, -0.15) is 0 Å². The van der Waals surface area contributed by atoms with Crippen molar-refractivity contribution in [3.8, 4) is 0 Å². The zero-order chi connectivity index (χ0) is 12.5. The second-order valence-corrected chi connectivity index (χ2v) is 4.87. The third-order valence-electron chi connectivity index (χ3n) is 3.20. The van der Waals surface area contributed by atoms with Crippen LogP contribution in [-0.2, 0) is 4.79 Å². The van der Waals surface area contributed by atoms with Crippen LogP contribution in [0.1, 0.15) is 24.9 Å². The van der Waals surface area contributed by atoms with Crippen LogP contribution in [0.2, 0.25) is 0 Å². The van der Waals surface area contributed by atoms with E-state index in [1.165, 1.54) is 0 Å². The van der Waals surface area contributed by atoms with Crippen molar-refractivity contribution in [3.63, 3.8) is 0 Å². The van der Waals surface area contributed by atoms with E-state index in [-0.39, 0.29) is 0 Å². The molecule has 1 aromatic rings. The highest BCUT2D eigenvalue weighted by atomic mass is 16.4. The molecule has 0 aliphatic carbocycles. The number of benzene rings is 1. The van der Waals surface area contributed by atoms with Crippen LogP contribution in [0, 0.1) is 0 Å². The third-order valence-corrected chi connectivity index (χ3v) is 3.20. The molecule has 1 heterocycles. The predicted octanol–water partition coefficient (Wildman–Crippen LogP) is 1.27. The Hall–Kier alpha value is -1.39. The Morgan fingerprint density at radius 2 is 2.06 bits per heavy atom. The number of aliphatic carboxylic acids is 1. The lowest BCUT2D eigenvalue weighted by Crippen LogP contribution is -2.36. The quantitative estimate of drug-likeness (QED) is 0.828. The highest BCUT2D eigenvalue weighted by Crippen LogP contribution is 2.29. The number of β-amino-alcohol motifs (C(OH)–C–C–N with tert-alkyl or cyclic N) is 1. The largest absolute Gasteiger partial charge is 0.480 e. The maximum Gasteiger partial charge on any atom is 0.325 e. The van der Waals surface area contributed by atoms with E-state index in [4.69, 9.17) is 0 Å². The topological polar surface area (TPSA) is 60.8 Å². The van der Waals surface area contributed by atoms with Gasteiger partial charge < -0.3 is 10.2 Å². The summed E-state index contributed by atoms with van der Waals surface area (Å²) in [5.74, 6) is -0.867. The lowest BCUT2D eigenvalue weighted by molar-refractivity contribution is -0.143. The zero-order valence-electron chi connectivity index (χ0n) is 9.84. The van der Waals surface area contributed by atoms with Gasteiger partial charge in [0.05, 0.1) is 5.60 Å². The molecular formula is C13H17NO3. The molecule has 0 bridgehead atoms. The van der Waals surface area contributed by atoms with Gasteiger partial charge in [-0.3, -0.25) is 9.69 Å². The molecule has 4 nitrogen and oxygen atoms in total. The molecule has 2 rings (SSSR count). The van der Waals surface area contributed by atoms with Crippen molar-refractivity contribution in [3.05, 3.63) is 35.9 Å². The number of nitrogens with zero attached hydrogens (tertiary/aromatic N) is 1. The zero-order valence-corrected chi connectivity index (χ0v) is 9.84. The van der Waals surface area contributed by atoms with Crippen molar-refractivity contribution >= 4 is 5.97 Å². The molecule has 1 saturated heterocycles. The Morgan fingerprint density at radius 3 is 2.53 bits per heavy atom. The van der Waals surface area contributed by atoms with Crippen LogP contribution in [0.4, 0.5) is 0 Å². The van der Waals surface area contributed by atoms with Crippen molar-refractivity contribution in [1.29, 1.82) is 0 Å². The van der Waals surface area contributed by atoms with Crippen molar-refractivity contribution in [2.75, 3.05) is 13.1 Å². The van der Waals surface area contributed by atoms with E-state index in [1.807, 2.05) is 35.2 Å². The molecule has 0 radical (unpaired) electrons.